The number of rotatable bonds is 7. The van der Waals surface area contributed by atoms with Gasteiger partial charge in [-0.3, -0.25) is 4.98 Å². The van der Waals surface area contributed by atoms with E-state index >= 15 is 0 Å². The summed E-state index contributed by atoms with van der Waals surface area (Å²) in [5.41, 5.74) is 1.04. The highest BCUT2D eigenvalue weighted by molar-refractivity contribution is 6.01. The predicted molar refractivity (Wildman–Crippen MR) is 98.7 cm³/mol. The molecule has 1 atom stereocenters. The first kappa shape index (κ1) is 19.8. The quantitative estimate of drug-likeness (QED) is 0.411. The summed E-state index contributed by atoms with van der Waals surface area (Å²) in [6.07, 6.45) is 3.74. The number of benzene rings is 1. The third-order valence-electron chi connectivity index (χ3n) is 4.07. The smallest absolute Gasteiger partial charge is 0.337 e. The molecule has 1 aromatic carbocycles. The van der Waals surface area contributed by atoms with Gasteiger partial charge in [0.1, 0.15) is 23.9 Å². The number of pyridine rings is 1. The maximum absolute atomic E-state index is 13.4. The van der Waals surface area contributed by atoms with Gasteiger partial charge < -0.3 is 19.0 Å². The highest BCUT2D eigenvalue weighted by Crippen LogP contribution is 2.16. The summed E-state index contributed by atoms with van der Waals surface area (Å²) in [4.78, 5) is 21.5. The van der Waals surface area contributed by atoms with Crippen LogP contribution in [0.4, 0.5) is 4.39 Å². The molecule has 28 heavy (non-hydrogen) atoms. The number of methoxy groups -OCH3 is 1. The molecule has 1 aliphatic heterocycles. The van der Waals surface area contributed by atoms with E-state index in [1.807, 2.05) is 0 Å². The minimum Gasteiger partial charge on any atom is -0.487 e. The Morgan fingerprint density at radius 3 is 2.96 bits per heavy atom. The van der Waals surface area contributed by atoms with Crippen LogP contribution >= 0.6 is 0 Å². The van der Waals surface area contributed by atoms with Crippen molar-refractivity contribution in [1.29, 1.82) is 0 Å². The van der Waals surface area contributed by atoms with Crippen LogP contribution in [0.5, 0.6) is 5.75 Å². The fourth-order valence-corrected chi connectivity index (χ4v) is 2.61. The van der Waals surface area contributed by atoms with E-state index in [9.17, 15) is 9.18 Å². The molecule has 0 spiro atoms. The summed E-state index contributed by atoms with van der Waals surface area (Å²) in [6.45, 7) is 0.583. The van der Waals surface area contributed by atoms with Crippen molar-refractivity contribution in [3.8, 4) is 5.75 Å². The van der Waals surface area contributed by atoms with Crippen molar-refractivity contribution in [3.63, 3.8) is 0 Å². The van der Waals surface area contributed by atoms with Crippen LogP contribution in [0, 0.1) is 5.82 Å². The lowest BCUT2D eigenvalue weighted by Crippen LogP contribution is -2.22. The molecule has 0 amide bonds. The van der Waals surface area contributed by atoms with Gasteiger partial charge in [0.2, 0.25) is 6.29 Å². The molecule has 1 unspecified atom stereocenters. The van der Waals surface area contributed by atoms with E-state index in [4.69, 9.17) is 19.0 Å². The molecule has 1 aliphatic rings. The predicted octanol–water partition coefficient (Wildman–Crippen LogP) is 3.33. The van der Waals surface area contributed by atoms with E-state index in [1.54, 1.807) is 12.1 Å². The normalized spacial score (nSPS) is 17.1. The van der Waals surface area contributed by atoms with E-state index in [0.717, 1.165) is 19.3 Å². The van der Waals surface area contributed by atoms with Gasteiger partial charge in [0.15, 0.2) is 0 Å². The van der Waals surface area contributed by atoms with Crippen LogP contribution in [0.25, 0.3) is 0 Å². The largest absolute Gasteiger partial charge is 0.487 e. The van der Waals surface area contributed by atoms with Gasteiger partial charge in [0.05, 0.1) is 25.0 Å². The number of esters is 1. The van der Waals surface area contributed by atoms with E-state index in [-0.39, 0.29) is 6.61 Å². The van der Waals surface area contributed by atoms with Crippen molar-refractivity contribution in [3.05, 3.63) is 59.7 Å². The van der Waals surface area contributed by atoms with Crippen molar-refractivity contribution in [2.24, 2.45) is 5.16 Å². The fraction of sp³-hybridized carbons (Fsp3) is 0.350. The van der Waals surface area contributed by atoms with Gasteiger partial charge >= 0.3 is 5.97 Å². The lowest BCUT2D eigenvalue weighted by molar-refractivity contribution is -0.162. The van der Waals surface area contributed by atoms with Gasteiger partial charge in [0.25, 0.3) is 0 Å². The SMILES string of the molecule is COC(=O)c1ccnc(/C(COc2cccc(F)c2)=N/OC2CCCCO2)c1. The van der Waals surface area contributed by atoms with Crippen molar-refractivity contribution in [2.75, 3.05) is 20.3 Å². The molecule has 2 aromatic rings. The minimum atomic E-state index is -0.495. The third kappa shape index (κ3) is 5.50. The van der Waals surface area contributed by atoms with E-state index in [2.05, 4.69) is 10.1 Å². The van der Waals surface area contributed by atoms with Crippen molar-refractivity contribution in [2.45, 2.75) is 25.6 Å². The Balaban J connectivity index is 1.79. The number of ether oxygens (including phenoxy) is 3. The van der Waals surface area contributed by atoms with Crippen LogP contribution < -0.4 is 4.74 Å². The van der Waals surface area contributed by atoms with E-state index in [1.165, 1.54) is 37.6 Å². The van der Waals surface area contributed by atoms with Gasteiger partial charge in [-0.15, -0.1) is 0 Å². The molecule has 1 fully saturated rings. The third-order valence-corrected chi connectivity index (χ3v) is 4.07. The number of halogens is 1. The highest BCUT2D eigenvalue weighted by Gasteiger charge is 2.17. The molecule has 3 rings (SSSR count). The van der Waals surface area contributed by atoms with Gasteiger partial charge in [-0.05, 0) is 37.1 Å². The Bertz CT molecular complexity index is 837. The van der Waals surface area contributed by atoms with Crippen molar-refractivity contribution >= 4 is 11.7 Å². The molecule has 0 radical (unpaired) electrons. The molecular formula is C20H21FN2O5. The average molecular weight is 388 g/mol. The molecule has 148 valence electrons. The second-order valence-corrected chi connectivity index (χ2v) is 6.11. The van der Waals surface area contributed by atoms with E-state index < -0.39 is 18.1 Å². The summed E-state index contributed by atoms with van der Waals surface area (Å²) in [5.74, 6) is -0.565. The lowest BCUT2D eigenvalue weighted by Gasteiger charge is -2.20. The number of carbonyl (C=O) groups is 1. The van der Waals surface area contributed by atoms with Gasteiger partial charge in [-0.1, -0.05) is 11.2 Å². The molecule has 7 nitrogen and oxygen atoms in total. The topological polar surface area (TPSA) is 79.2 Å². The maximum atomic E-state index is 13.4. The molecule has 1 aromatic heterocycles. The van der Waals surface area contributed by atoms with Crippen LogP contribution in [-0.4, -0.2) is 43.3 Å². The standard InChI is InChI=1S/C20H21FN2O5/c1-25-20(24)14-8-9-22-17(11-14)18(23-28-19-7-2-3-10-26-19)13-27-16-6-4-5-15(21)12-16/h4-6,8-9,11-12,19H,2-3,7,10,13H2,1H3/b23-18+. The molecular weight excluding hydrogens is 367 g/mol. The van der Waals surface area contributed by atoms with Crippen molar-refractivity contribution < 1.29 is 28.2 Å². The molecule has 2 heterocycles. The summed E-state index contributed by atoms with van der Waals surface area (Å²) in [5, 5.41) is 4.14. The number of aromatic nitrogens is 1. The zero-order valence-corrected chi connectivity index (χ0v) is 15.5. The van der Waals surface area contributed by atoms with E-state index in [0.29, 0.717) is 29.3 Å². The molecule has 0 bridgehead atoms. The minimum absolute atomic E-state index is 0.0339. The van der Waals surface area contributed by atoms with Crippen LogP contribution in [0.1, 0.15) is 35.3 Å². The van der Waals surface area contributed by atoms with Crippen molar-refractivity contribution in [1.82, 2.24) is 4.98 Å². The van der Waals surface area contributed by atoms with Gasteiger partial charge in [-0.2, -0.15) is 0 Å². The van der Waals surface area contributed by atoms with Gasteiger partial charge in [-0.25, -0.2) is 9.18 Å². The number of hydrogen-bond acceptors (Lipinski definition) is 7. The number of oxime groups is 1. The first-order chi connectivity index (χ1) is 13.7. The summed E-state index contributed by atoms with van der Waals surface area (Å²) >= 11 is 0. The maximum Gasteiger partial charge on any atom is 0.337 e. The Morgan fingerprint density at radius 1 is 1.32 bits per heavy atom. The lowest BCUT2D eigenvalue weighted by atomic mass is 10.2. The summed E-state index contributed by atoms with van der Waals surface area (Å²) in [6, 6.07) is 8.83. The fourth-order valence-electron chi connectivity index (χ4n) is 2.61. The Morgan fingerprint density at radius 2 is 2.21 bits per heavy atom. The number of hydrogen-bond donors (Lipinski definition) is 0. The van der Waals surface area contributed by atoms with Gasteiger partial charge in [0, 0.05) is 18.7 Å². The zero-order chi connectivity index (χ0) is 19.8. The Labute approximate surface area is 162 Å². The molecule has 1 saturated heterocycles. The van der Waals surface area contributed by atoms with Crippen LogP contribution in [0.15, 0.2) is 47.8 Å². The monoisotopic (exact) mass is 388 g/mol. The van der Waals surface area contributed by atoms with Crippen LogP contribution in [0.3, 0.4) is 0 Å². The summed E-state index contributed by atoms with van der Waals surface area (Å²) in [7, 11) is 1.30. The second-order valence-electron chi connectivity index (χ2n) is 6.11. The average Bonchev–Trinajstić information content (AvgIpc) is 2.74. The number of nitrogens with zero attached hydrogens (tertiary/aromatic N) is 2. The van der Waals surface area contributed by atoms with Crippen LogP contribution in [0.2, 0.25) is 0 Å². The summed E-state index contributed by atoms with van der Waals surface area (Å²) < 4.78 is 29.2. The second kappa shape index (κ2) is 9.80. The first-order valence-corrected chi connectivity index (χ1v) is 8.93. The highest BCUT2D eigenvalue weighted by atomic mass is 19.1. The molecule has 0 aliphatic carbocycles. The van der Waals surface area contributed by atoms with Crippen LogP contribution in [-0.2, 0) is 14.3 Å². The first-order valence-electron chi connectivity index (χ1n) is 8.93. The Hall–Kier alpha value is -3.00. The molecule has 0 saturated carbocycles. The molecule has 8 heteroatoms. The Kier molecular flexibility index (Phi) is 6.91. The zero-order valence-electron chi connectivity index (χ0n) is 15.5. The molecule has 0 N–H and O–H groups in total. The number of carbonyl (C=O) groups excluding carboxylic acids is 1.